The van der Waals surface area contributed by atoms with Gasteiger partial charge in [-0.15, -0.1) is 0 Å². The van der Waals surface area contributed by atoms with Crippen LogP contribution < -0.4 is 5.32 Å². The molecule has 0 aliphatic heterocycles. The summed E-state index contributed by atoms with van der Waals surface area (Å²) in [6.45, 7) is 8.93. The van der Waals surface area contributed by atoms with Gasteiger partial charge in [-0.3, -0.25) is 4.79 Å². The molecule has 188 valence electrons. The van der Waals surface area contributed by atoms with Gasteiger partial charge in [0, 0.05) is 23.4 Å². The summed E-state index contributed by atoms with van der Waals surface area (Å²) in [6, 6.07) is 20.6. The maximum Gasteiger partial charge on any atom is 0.335 e. The van der Waals surface area contributed by atoms with E-state index in [1.807, 2.05) is 73.7 Å². The number of amides is 1. The Morgan fingerprint density at radius 2 is 1.89 bits per heavy atom. The minimum atomic E-state index is -0.977. The van der Waals surface area contributed by atoms with Crippen LogP contribution in [0.5, 0.6) is 0 Å². The molecular weight excluding hydrogens is 462 g/mol. The van der Waals surface area contributed by atoms with E-state index in [9.17, 15) is 14.7 Å². The predicted octanol–water partition coefficient (Wildman–Crippen LogP) is 6.56. The number of allylic oxidation sites excluding steroid dienone is 1. The van der Waals surface area contributed by atoms with Crippen LogP contribution in [0.25, 0.3) is 34.2 Å². The highest BCUT2D eigenvalue weighted by Crippen LogP contribution is 2.27. The Kier molecular flexibility index (Phi) is 7.98. The van der Waals surface area contributed by atoms with Crippen LogP contribution in [0.4, 0.5) is 0 Å². The highest BCUT2D eigenvalue weighted by molar-refractivity contribution is 5.93. The van der Waals surface area contributed by atoms with E-state index >= 15 is 0 Å². The Morgan fingerprint density at radius 3 is 2.65 bits per heavy atom. The molecule has 3 aromatic carbocycles. The first kappa shape index (κ1) is 25.6. The Balaban J connectivity index is 1.59. The van der Waals surface area contributed by atoms with Crippen LogP contribution in [0.2, 0.25) is 0 Å². The lowest BCUT2D eigenvalue weighted by molar-refractivity contribution is -0.119. The van der Waals surface area contributed by atoms with Crippen molar-refractivity contribution in [3.05, 3.63) is 102 Å². The van der Waals surface area contributed by atoms with Crippen LogP contribution in [0.15, 0.2) is 79.4 Å². The quantitative estimate of drug-likeness (QED) is 0.262. The van der Waals surface area contributed by atoms with E-state index in [4.69, 9.17) is 4.98 Å². The highest BCUT2D eigenvalue weighted by atomic mass is 16.4. The van der Waals surface area contributed by atoms with Crippen molar-refractivity contribution in [2.24, 2.45) is 0 Å². The number of fused-ring (bicyclic) bond motifs is 1. The molecule has 4 aromatic rings. The van der Waals surface area contributed by atoms with E-state index in [1.165, 1.54) is 0 Å². The Morgan fingerprint density at radius 1 is 1.08 bits per heavy atom. The Hall–Kier alpha value is -4.45. The van der Waals surface area contributed by atoms with Crippen LogP contribution in [-0.2, 0) is 17.8 Å². The lowest BCUT2D eigenvalue weighted by atomic mass is 10.0. The number of hydrogen-bond donors (Lipinski definition) is 2. The lowest BCUT2D eigenvalue weighted by Gasteiger charge is -2.12. The number of carbonyl (C=O) groups is 2. The van der Waals surface area contributed by atoms with Gasteiger partial charge >= 0.3 is 5.97 Å². The molecule has 6 nitrogen and oxygen atoms in total. The van der Waals surface area contributed by atoms with Gasteiger partial charge in [-0.25, -0.2) is 9.78 Å². The third-order valence-corrected chi connectivity index (χ3v) is 6.20. The number of nitrogens with one attached hydrogen (secondary N) is 1. The molecule has 0 atom stereocenters. The van der Waals surface area contributed by atoms with Gasteiger partial charge in [0.15, 0.2) is 0 Å². The molecule has 1 heterocycles. The third-order valence-electron chi connectivity index (χ3n) is 6.20. The molecular formula is C31H31N3O3. The smallest absolute Gasteiger partial charge is 0.335 e. The SMILES string of the molecule is C=C(NC(=O)Cc1cccc(-c2nc3cc(C(=O)O)ccc3n2CCCC)c1)c1ccccc1/C=C\C. The lowest BCUT2D eigenvalue weighted by Crippen LogP contribution is -2.23. The molecule has 0 saturated carbocycles. The highest BCUT2D eigenvalue weighted by Gasteiger charge is 2.16. The number of benzene rings is 3. The van der Waals surface area contributed by atoms with Crippen molar-refractivity contribution in [3.8, 4) is 11.4 Å². The summed E-state index contributed by atoms with van der Waals surface area (Å²) in [5.74, 6) is -0.365. The molecule has 1 aromatic heterocycles. The maximum atomic E-state index is 12.9. The molecule has 0 fully saturated rings. The van der Waals surface area contributed by atoms with Crippen molar-refractivity contribution in [2.45, 2.75) is 39.7 Å². The zero-order valence-electron chi connectivity index (χ0n) is 21.2. The summed E-state index contributed by atoms with van der Waals surface area (Å²) < 4.78 is 2.13. The number of aromatic nitrogens is 2. The number of nitrogens with zero attached hydrogens (tertiary/aromatic N) is 2. The molecule has 4 rings (SSSR count). The zero-order valence-corrected chi connectivity index (χ0v) is 21.2. The van der Waals surface area contributed by atoms with E-state index < -0.39 is 5.97 Å². The summed E-state index contributed by atoms with van der Waals surface area (Å²) in [6.07, 6.45) is 6.12. The summed E-state index contributed by atoms with van der Waals surface area (Å²) in [7, 11) is 0. The molecule has 0 aliphatic rings. The third kappa shape index (κ3) is 5.86. The molecule has 0 spiro atoms. The van der Waals surface area contributed by atoms with Crippen molar-refractivity contribution >= 4 is 34.7 Å². The second-order valence-electron chi connectivity index (χ2n) is 8.94. The normalized spacial score (nSPS) is 11.2. The monoisotopic (exact) mass is 493 g/mol. The molecule has 2 N–H and O–H groups in total. The van der Waals surface area contributed by atoms with E-state index in [0.29, 0.717) is 11.2 Å². The maximum absolute atomic E-state index is 12.9. The van der Waals surface area contributed by atoms with Crippen LogP contribution in [0.1, 0.15) is 53.7 Å². The molecule has 0 radical (unpaired) electrons. The molecule has 6 heteroatoms. The fourth-order valence-electron chi connectivity index (χ4n) is 4.41. The first-order chi connectivity index (χ1) is 17.9. The van der Waals surface area contributed by atoms with Gasteiger partial charge < -0.3 is 15.0 Å². The average Bonchev–Trinajstić information content (AvgIpc) is 3.25. The van der Waals surface area contributed by atoms with Crippen LogP contribution in [0.3, 0.4) is 0 Å². The number of rotatable bonds is 10. The van der Waals surface area contributed by atoms with Gasteiger partial charge in [-0.1, -0.05) is 74.5 Å². The fraction of sp³-hybridized carbons (Fsp3) is 0.194. The van der Waals surface area contributed by atoms with E-state index in [0.717, 1.165) is 53.0 Å². The number of aromatic carboxylic acids is 1. The van der Waals surface area contributed by atoms with Crippen molar-refractivity contribution in [1.29, 1.82) is 0 Å². The minimum Gasteiger partial charge on any atom is -0.478 e. The Bertz CT molecular complexity index is 1500. The van der Waals surface area contributed by atoms with E-state index in [1.54, 1.807) is 12.1 Å². The topological polar surface area (TPSA) is 84.2 Å². The van der Waals surface area contributed by atoms with Gasteiger partial charge in [0.1, 0.15) is 5.82 Å². The van der Waals surface area contributed by atoms with E-state index in [2.05, 4.69) is 23.4 Å². The van der Waals surface area contributed by atoms with Crippen molar-refractivity contribution in [2.75, 3.05) is 0 Å². The molecule has 1 amide bonds. The summed E-state index contributed by atoms with van der Waals surface area (Å²) in [5.41, 5.74) is 5.92. The van der Waals surface area contributed by atoms with Crippen molar-refractivity contribution in [3.63, 3.8) is 0 Å². The number of unbranched alkanes of at least 4 members (excludes halogenated alkanes) is 1. The zero-order chi connectivity index (χ0) is 26.4. The van der Waals surface area contributed by atoms with Crippen LogP contribution >= 0.6 is 0 Å². The number of carboxylic acids is 1. The van der Waals surface area contributed by atoms with Crippen molar-refractivity contribution < 1.29 is 14.7 Å². The number of imidazole rings is 1. The molecule has 0 aliphatic carbocycles. The van der Waals surface area contributed by atoms with Crippen LogP contribution in [0, 0.1) is 0 Å². The number of carboxylic acid groups (broad SMARTS) is 1. The number of aryl methyl sites for hydroxylation is 1. The van der Waals surface area contributed by atoms with Gasteiger partial charge in [-0.2, -0.15) is 0 Å². The second-order valence-corrected chi connectivity index (χ2v) is 8.94. The number of carbonyl (C=O) groups excluding carboxylic acids is 1. The summed E-state index contributed by atoms with van der Waals surface area (Å²) in [4.78, 5) is 29.2. The Labute approximate surface area is 217 Å². The molecule has 0 unspecified atom stereocenters. The minimum absolute atomic E-state index is 0.150. The van der Waals surface area contributed by atoms with Gasteiger partial charge in [0.2, 0.25) is 5.91 Å². The molecule has 0 saturated heterocycles. The van der Waals surface area contributed by atoms with Gasteiger partial charge in [-0.05, 0) is 48.7 Å². The first-order valence-corrected chi connectivity index (χ1v) is 12.4. The van der Waals surface area contributed by atoms with Gasteiger partial charge in [0.05, 0.1) is 23.0 Å². The van der Waals surface area contributed by atoms with Gasteiger partial charge in [0.25, 0.3) is 0 Å². The van der Waals surface area contributed by atoms with Crippen molar-refractivity contribution in [1.82, 2.24) is 14.9 Å². The molecule has 37 heavy (non-hydrogen) atoms. The standard InChI is InChI=1S/C31H31N3O3/c1-4-6-17-34-28-16-15-25(31(36)37)20-27(28)33-30(34)24-13-9-11-22(18-24)19-29(35)32-21(3)26-14-8-7-12-23(26)10-5-2/h5,7-16,18,20H,3-4,6,17,19H2,1-2H3,(H,32,35)(H,36,37)/b10-5-. The predicted molar refractivity (Wildman–Crippen MR) is 149 cm³/mol. The average molecular weight is 494 g/mol. The fourth-order valence-corrected chi connectivity index (χ4v) is 4.41. The first-order valence-electron chi connectivity index (χ1n) is 12.4. The second kappa shape index (κ2) is 11.5. The number of hydrogen-bond acceptors (Lipinski definition) is 3. The summed E-state index contributed by atoms with van der Waals surface area (Å²) in [5, 5.41) is 12.3. The van der Waals surface area contributed by atoms with E-state index in [-0.39, 0.29) is 17.9 Å². The summed E-state index contributed by atoms with van der Waals surface area (Å²) >= 11 is 0. The molecule has 0 bridgehead atoms. The largest absolute Gasteiger partial charge is 0.478 e. The van der Waals surface area contributed by atoms with Crippen LogP contribution in [-0.4, -0.2) is 26.5 Å².